The van der Waals surface area contributed by atoms with Gasteiger partial charge in [-0.3, -0.25) is 9.79 Å². The van der Waals surface area contributed by atoms with E-state index in [0.29, 0.717) is 6.42 Å². The number of aliphatic imine (C=N–C) groups is 1. The third kappa shape index (κ3) is 1.43. The second kappa shape index (κ2) is 3.75. The van der Waals surface area contributed by atoms with Gasteiger partial charge in [0.1, 0.15) is 0 Å². The molecule has 0 aromatic heterocycles. The minimum atomic E-state index is 0.153. The van der Waals surface area contributed by atoms with Crippen molar-refractivity contribution in [1.29, 1.82) is 0 Å². The fourth-order valence-corrected chi connectivity index (χ4v) is 2.77. The first-order chi connectivity index (χ1) is 9.34. The molecule has 0 atom stereocenters. The highest BCUT2D eigenvalue weighted by molar-refractivity contribution is 6.19. The quantitative estimate of drug-likeness (QED) is 0.543. The highest BCUT2D eigenvalue weighted by atomic mass is 16.1. The van der Waals surface area contributed by atoms with Crippen LogP contribution in [0.1, 0.15) is 16.8 Å². The third-order valence-corrected chi connectivity index (χ3v) is 3.70. The number of ketones is 1. The molecule has 0 radical (unpaired) electrons. The monoisotopic (exact) mass is 245 g/mol. The van der Waals surface area contributed by atoms with E-state index in [9.17, 15) is 4.79 Å². The van der Waals surface area contributed by atoms with Crippen molar-refractivity contribution in [2.45, 2.75) is 6.42 Å². The van der Waals surface area contributed by atoms with Crippen LogP contribution in [0.5, 0.6) is 0 Å². The fourth-order valence-electron chi connectivity index (χ4n) is 2.77. The van der Waals surface area contributed by atoms with E-state index in [1.54, 1.807) is 6.21 Å². The lowest BCUT2D eigenvalue weighted by Crippen LogP contribution is -2.04. The number of hydrogen-bond donors (Lipinski definition) is 0. The van der Waals surface area contributed by atoms with E-state index in [-0.39, 0.29) is 5.78 Å². The lowest BCUT2D eigenvalue weighted by Gasteiger charge is -2.12. The molecule has 1 aliphatic rings. The van der Waals surface area contributed by atoms with Crippen molar-refractivity contribution < 1.29 is 4.79 Å². The van der Waals surface area contributed by atoms with Crippen molar-refractivity contribution in [3.05, 3.63) is 54.1 Å². The van der Waals surface area contributed by atoms with Gasteiger partial charge in [0.05, 0.1) is 5.69 Å². The number of benzene rings is 3. The maximum Gasteiger partial charge on any atom is 0.170 e. The van der Waals surface area contributed by atoms with Crippen LogP contribution in [0, 0.1) is 0 Å². The maximum absolute atomic E-state index is 11.9. The zero-order valence-corrected chi connectivity index (χ0v) is 10.3. The van der Waals surface area contributed by atoms with Crippen molar-refractivity contribution in [3.63, 3.8) is 0 Å². The van der Waals surface area contributed by atoms with Crippen LogP contribution in [-0.2, 0) is 0 Å². The molecule has 4 rings (SSSR count). The van der Waals surface area contributed by atoms with Gasteiger partial charge in [-0.2, -0.15) is 0 Å². The number of fused-ring (bicyclic) bond motifs is 5. The zero-order chi connectivity index (χ0) is 12.8. The molecule has 3 aromatic carbocycles. The van der Waals surface area contributed by atoms with Crippen molar-refractivity contribution in [1.82, 2.24) is 0 Å². The fraction of sp³-hybridized carbons (Fsp3) is 0.0588. The summed E-state index contributed by atoms with van der Waals surface area (Å²) in [5, 5.41) is 4.63. The summed E-state index contributed by atoms with van der Waals surface area (Å²) in [6.45, 7) is 0. The van der Waals surface area contributed by atoms with Crippen molar-refractivity contribution in [3.8, 4) is 0 Å². The van der Waals surface area contributed by atoms with Crippen LogP contribution < -0.4 is 0 Å². The average Bonchev–Trinajstić information content (AvgIpc) is 2.47. The Morgan fingerprint density at radius 1 is 0.842 bits per heavy atom. The molecule has 0 spiro atoms. The van der Waals surface area contributed by atoms with Gasteiger partial charge < -0.3 is 0 Å². The molecule has 0 unspecified atom stereocenters. The van der Waals surface area contributed by atoms with E-state index in [0.717, 1.165) is 22.0 Å². The minimum Gasteiger partial charge on any atom is -0.294 e. The molecule has 19 heavy (non-hydrogen) atoms. The zero-order valence-electron chi connectivity index (χ0n) is 10.3. The van der Waals surface area contributed by atoms with Crippen LogP contribution in [0.4, 0.5) is 5.69 Å². The van der Waals surface area contributed by atoms with E-state index in [2.05, 4.69) is 29.3 Å². The van der Waals surface area contributed by atoms with Gasteiger partial charge in [-0.25, -0.2) is 0 Å². The van der Waals surface area contributed by atoms with Gasteiger partial charge in [-0.15, -0.1) is 0 Å². The normalized spacial score (nSPS) is 14.0. The summed E-state index contributed by atoms with van der Waals surface area (Å²) in [4.78, 5) is 16.3. The van der Waals surface area contributed by atoms with E-state index in [1.165, 1.54) is 10.8 Å². The topological polar surface area (TPSA) is 29.4 Å². The Hall–Kier alpha value is -2.48. The van der Waals surface area contributed by atoms with Gasteiger partial charge in [0.2, 0.25) is 0 Å². The smallest absolute Gasteiger partial charge is 0.170 e. The molecule has 3 aromatic rings. The Balaban J connectivity index is 2.20. The largest absolute Gasteiger partial charge is 0.294 e. The molecule has 0 fully saturated rings. The van der Waals surface area contributed by atoms with Gasteiger partial charge in [0.15, 0.2) is 5.78 Å². The molecule has 0 aliphatic carbocycles. The van der Waals surface area contributed by atoms with E-state index < -0.39 is 0 Å². The Labute approximate surface area is 110 Å². The lowest BCUT2D eigenvalue weighted by molar-refractivity contribution is 0.100. The molecule has 0 saturated carbocycles. The molecule has 1 aliphatic heterocycles. The van der Waals surface area contributed by atoms with Gasteiger partial charge in [0.25, 0.3) is 0 Å². The highest BCUT2D eigenvalue weighted by Gasteiger charge is 2.17. The first-order valence-corrected chi connectivity index (χ1v) is 6.35. The predicted molar refractivity (Wildman–Crippen MR) is 78.6 cm³/mol. The molecule has 0 N–H and O–H groups in total. The molecule has 2 heteroatoms. The number of nitrogens with zero attached hydrogens (tertiary/aromatic N) is 1. The van der Waals surface area contributed by atoms with Gasteiger partial charge in [-0.05, 0) is 22.2 Å². The Kier molecular flexibility index (Phi) is 2.06. The lowest BCUT2D eigenvalue weighted by atomic mass is 9.95. The number of carbonyl (C=O) groups excluding carboxylic acids is 1. The summed E-state index contributed by atoms with van der Waals surface area (Å²) in [7, 11) is 0. The van der Waals surface area contributed by atoms with E-state index >= 15 is 0 Å². The second-order valence-electron chi connectivity index (χ2n) is 4.78. The molecule has 2 nitrogen and oxygen atoms in total. The molecular formula is C17H11NO. The number of Topliss-reactive ketones (excluding diaryl/α,β-unsaturated/α-hetero) is 1. The van der Waals surface area contributed by atoms with Crippen LogP contribution in [0.3, 0.4) is 0 Å². The molecular weight excluding hydrogens is 234 g/mol. The molecule has 0 bridgehead atoms. The summed E-state index contributed by atoms with van der Waals surface area (Å²) in [6.07, 6.45) is 2.12. The molecule has 0 saturated heterocycles. The number of rotatable bonds is 0. The molecule has 0 amide bonds. The highest BCUT2D eigenvalue weighted by Crippen LogP contribution is 2.36. The molecule has 90 valence electrons. The maximum atomic E-state index is 11.9. The van der Waals surface area contributed by atoms with Crippen LogP contribution in [0.15, 0.2) is 53.5 Å². The van der Waals surface area contributed by atoms with Gasteiger partial charge in [-0.1, -0.05) is 42.5 Å². The van der Waals surface area contributed by atoms with Crippen molar-refractivity contribution in [2.75, 3.05) is 0 Å². The van der Waals surface area contributed by atoms with E-state index in [4.69, 9.17) is 0 Å². The SMILES string of the molecule is O=C1CC=Nc2c1ccc1c2ccc2ccccc21. The van der Waals surface area contributed by atoms with Gasteiger partial charge >= 0.3 is 0 Å². The first kappa shape index (κ1) is 10.4. The second-order valence-corrected chi connectivity index (χ2v) is 4.78. The Morgan fingerprint density at radius 2 is 1.68 bits per heavy atom. The van der Waals surface area contributed by atoms with Gasteiger partial charge in [0, 0.05) is 23.6 Å². The Morgan fingerprint density at radius 3 is 2.63 bits per heavy atom. The van der Waals surface area contributed by atoms with Crippen LogP contribution in [-0.4, -0.2) is 12.0 Å². The minimum absolute atomic E-state index is 0.153. The number of hydrogen-bond acceptors (Lipinski definition) is 2. The predicted octanol–water partition coefficient (Wildman–Crippen LogP) is 4.28. The van der Waals surface area contributed by atoms with Crippen LogP contribution >= 0.6 is 0 Å². The summed E-state index contributed by atoms with van der Waals surface area (Å²) in [5.41, 5.74) is 1.56. The summed E-state index contributed by atoms with van der Waals surface area (Å²) in [6, 6.07) is 16.4. The Bertz CT molecular complexity index is 862. The van der Waals surface area contributed by atoms with Crippen LogP contribution in [0.2, 0.25) is 0 Å². The summed E-state index contributed by atoms with van der Waals surface area (Å²) in [5.74, 6) is 0.153. The van der Waals surface area contributed by atoms with E-state index in [1.807, 2.05) is 24.3 Å². The standard InChI is InChI=1S/C17H11NO/c19-16-9-10-18-17-14-6-5-11-3-1-2-4-12(11)13(14)7-8-15(16)17/h1-8,10H,9H2. The first-order valence-electron chi connectivity index (χ1n) is 6.35. The third-order valence-electron chi connectivity index (χ3n) is 3.70. The number of carbonyl (C=O) groups is 1. The summed E-state index contributed by atoms with van der Waals surface area (Å²) >= 11 is 0. The van der Waals surface area contributed by atoms with Crippen molar-refractivity contribution in [2.24, 2.45) is 4.99 Å². The van der Waals surface area contributed by atoms with Crippen LogP contribution in [0.25, 0.3) is 21.5 Å². The van der Waals surface area contributed by atoms with Crippen molar-refractivity contribution >= 4 is 39.2 Å². The molecule has 1 heterocycles. The average molecular weight is 245 g/mol. The summed E-state index contributed by atoms with van der Waals surface area (Å²) < 4.78 is 0.